The number of aryl methyl sites for hydroxylation is 1. The van der Waals surface area contributed by atoms with Crippen LogP contribution in [0.1, 0.15) is 24.8 Å². The molecule has 7 nitrogen and oxygen atoms in total. The summed E-state index contributed by atoms with van der Waals surface area (Å²) in [5.41, 5.74) is 1.00. The molecule has 0 aliphatic heterocycles. The summed E-state index contributed by atoms with van der Waals surface area (Å²) in [6, 6.07) is 16.7. The Bertz CT molecular complexity index is 950. The molecule has 0 saturated heterocycles. The van der Waals surface area contributed by atoms with Crippen molar-refractivity contribution in [2.24, 2.45) is 7.05 Å². The maximum absolute atomic E-state index is 13.2. The van der Waals surface area contributed by atoms with Crippen molar-refractivity contribution in [2.45, 2.75) is 26.4 Å². The van der Waals surface area contributed by atoms with Crippen LogP contribution in [0.3, 0.4) is 0 Å². The van der Waals surface area contributed by atoms with Crippen LogP contribution in [0.4, 0.5) is 0 Å². The molecule has 0 radical (unpaired) electrons. The van der Waals surface area contributed by atoms with Gasteiger partial charge in [-0.15, -0.1) is 0 Å². The summed E-state index contributed by atoms with van der Waals surface area (Å²) >= 11 is 0. The maximum Gasteiger partial charge on any atom is 0.260 e. The molecule has 2 aromatic heterocycles. The third kappa shape index (κ3) is 6.50. The Labute approximate surface area is 182 Å². The number of ether oxygens (including phenoxy) is 1. The summed E-state index contributed by atoms with van der Waals surface area (Å²) in [6.07, 6.45) is 4.29. The van der Waals surface area contributed by atoms with Crippen molar-refractivity contribution in [3.8, 4) is 5.75 Å². The molecule has 3 rings (SSSR count). The Balaban J connectivity index is 1.67. The minimum absolute atomic E-state index is 0.00401. The van der Waals surface area contributed by atoms with E-state index in [1.165, 1.54) is 0 Å². The van der Waals surface area contributed by atoms with Crippen LogP contribution in [0.2, 0.25) is 0 Å². The number of carbonyl (C=O) groups is 2. The second-order valence-electron chi connectivity index (χ2n) is 7.36. The number of hydrogen-bond donors (Lipinski definition) is 0. The van der Waals surface area contributed by atoms with Gasteiger partial charge in [0.2, 0.25) is 5.91 Å². The van der Waals surface area contributed by atoms with Crippen LogP contribution < -0.4 is 4.74 Å². The van der Waals surface area contributed by atoms with Crippen LogP contribution >= 0.6 is 0 Å². The summed E-state index contributed by atoms with van der Waals surface area (Å²) in [5.74, 6) is 0.972. The first-order valence-electron chi connectivity index (χ1n) is 10.4. The molecular weight excluding hydrogens is 394 g/mol. The Morgan fingerprint density at radius 2 is 1.77 bits per heavy atom. The molecule has 1 aromatic carbocycles. The SMILES string of the molecule is CCCN(CC(=O)N(Cc1ccco1)Cc1cccn1C)C(=O)COc1ccccc1. The van der Waals surface area contributed by atoms with E-state index in [1.807, 2.05) is 61.1 Å². The number of furan rings is 1. The lowest BCUT2D eigenvalue weighted by molar-refractivity contribution is -0.142. The molecule has 0 aliphatic carbocycles. The minimum atomic E-state index is -0.212. The Morgan fingerprint density at radius 3 is 2.42 bits per heavy atom. The van der Waals surface area contributed by atoms with Gasteiger partial charge in [0, 0.05) is 25.5 Å². The topological polar surface area (TPSA) is 67.9 Å². The van der Waals surface area contributed by atoms with Crippen molar-refractivity contribution >= 4 is 11.8 Å². The van der Waals surface area contributed by atoms with E-state index in [-0.39, 0.29) is 25.0 Å². The number of para-hydroxylation sites is 1. The second kappa shape index (κ2) is 11.1. The Kier molecular flexibility index (Phi) is 7.92. The van der Waals surface area contributed by atoms with Crippen LogP contribution in [0.15, 0.2) is 71.5 Å². The molecule has 0 N–H and O–H groups in total. The number of rotatable bonds is 11. The third-order valence-corrected chi connectivity index (χ3v) is 4.96. The highest BCUT2D eigenvalue weighted by atomic mass is 16.5. The number of benzene rings is 1. The summed E-state index contributed by atoms with van der Waals surface area (Å²) in [5, 5.41) is 0. The monoisotopic (exact) mass is 423 g/mol. The molecule has 0 aliphatic rings. The number of amides is 2. The average Bonchev–Trinajstić information content (AvgIpc) is 3.44. The van der Waals surface area contributed by atoms with Crippen molar-refractivity contribution in [3.63, 3.8) is 0 Å². The molecular formula is C24H29N3O4. The molecule has 3 aromatic rings. The standard InChI is InChI=1S/C24H29N3O4/c1-3-13-26(24(29)19-31-21-10-5-4-6-11-21)18-23(28)27(17-22-12-8-15-30-22)16-20-9-7-14-25(20)2/h4-12,14-15H,3,13,16-19H2,1-2H3. The fourth-order valence-electron chi connectivity index (χ4n) is 3.26. The summed E-state index contributed by atoms with van der Waals surface area (Å²) in [7, 11) is 1.94. The van der Waals surface area contributed by atoms with Crippen LogP contribution in [0.5, 0.6) is 5.75 Å². The maximum atomic E-state index is 13.2. The minimum Gasteiger partial charge on any atom is -0.484 e. The Hall–Kier alpha value is -3.48. The van der Waals surface area contributed by atoms with Gasteiger partial charge in [-0.2, -0.15) is 0 Å². The van der Waals surface area contributed by atoms with E-state index in [1.54, 1.807) is 34.3 Å². The highest BCUT2D eigenvalue weighted by Crippen LogP contribution is 2.13. The first-order chi connectivity index (χ1) is 15.1. The van der Waals surface area contributed by atoms with Crippen molar-refractivity contribution in [1.82, 2.24) is 14.4 Å². The van der Waals surface area contributed by atoms with E-state index < -0.39 is 0 Å². The van der Waals surface area contributed by atoms with Crippen LogP contribution in [0.25, 0.3) is 0 Å². The van der Waals surface area contributed by atoms with E-state index in [0.717, 1.165) is 12.1 Å². The summed E-state index contributed by atoms with van der Waals surface area (Å²) < 4.78 is 13.0. The van der Waals surface area contributed by atoms with Gasteiger partial charge in [-0.3, -0.25) is 9.59 Å². The van der Waals surface area contributed by atoms with Crippen molar-refractivity contribution < 1.29 is 18.7 Å². The Morgan fingerprint density at radius 1 is 0.968 bits per heavy atom. The van der Waals surface area contributed by atoms with Gasteiger partial charge in [0.05, 0.1) is 25.9 Å². The van der Waals surface area contributed by atoms with Crippen LogP contribution in [0, 0.1) is 0 Å². The van der Waals surface area contributed by atoms with Crippen LogP contribution in [-0.2, 0) is 29.7 Å². The molecule has 0 spiro atoms. The average molecular weight is 424 g/mol. The summed E-state index contributed by atoms with van der Waals surface area (Å²) in [4.78, 5) is 29.2. The zero-order chi connectivity index (χ0) is 22.1. The van der Waals surface area contributed by atoms with E-state index in [4.69, 9.17) is 9.15 Å². The van der Waals surface area contributed by atoms with Gasteiger partial charge in [-0.1, -0.05) is 25.1 Å². The van der Waals surface area contributed by atoms with Crippen LogP contribution in [-0.4, -0.2) is 45.9 Å². The quantitative estimate of drug-likeness (QED) is 0.474. The van der Waals surface area contributed by atoms with E-state index in [9.17, 15) is 9.59 Å². The number of aromatic nitrogens is 1. The number of nitrogens with zero attached hydrogens (tertiary/aromatic N) is 3. The number of carbonyl (C=O) groups excluding carboxylic acids is 2. The van der Waals surface area contributed by atoms with Gasteiger partial charge in [-0.25, -0.2) is 0 Å². The molecule has 2 amide bonds. The largest absolute Gasteiger partial charge is 0.484 e. The highest BCUT2D eigenvalue weighted by molar-refractivity contribution is 5.85. The third-order valence-electron chi connectivity index (χ3n) is 4.96. The molecule has 2 heterocycles. The molecule has 0 bridgehead atoms. The van der Waals surface area contributed by atoms with E-state index in [0.29, 0.717) is 31.1 Å². The fourth-order valence-corrected chi connectivity index (χ4v) is 3.26. The zero-order valence-corrected chi connectivity index (χ0v) is 18.1. The molecule has 0 fully saturated rings. The molecule has 164 valence electrons. The normalized spacial score (nSPS) is 10.6. The summed E-state index contributed by atoms with van der Waals surface area (Å²) in [6.45, 7) is 3.13. The van der Waals surface area contributed by atoms with Gasteiger partial charge in [0.15, 0.2) is 6.61 Å². The molecule has 0 unspecified atom stereocenters. The first-order valence-corrected chi connectivity index (χ1v) is 10.4. The van der Waals surface area contributed by atoms with Gasteiger partial charge in [0.25, 0.3) is 5.91 Å². The molecule has 31 heavy (non-hydrogen) atoms. The fraction of sp³-hybridized carbons (Fsp3) is 0.333. The lowest BCUT2D eigenvalue weighted by Crippen LogP contribution is -2.44. The van der Waals surface area contributed by atoms with Gasteiger partial charge in [0.1, 0.15) is 11.5 Å². The molecule has 0 atom stereocenters. The predicted molar refractivity (Wildman–Crippen MR) is 117 cm³/mol. The van der Waals surface area contributed by atoms with Crippen molar-refractivity contribution in [2.75, 3.05) is 19.7 Å². The van der Waals surface area contributed by atoms with Crippen molar-refractivity contribution in [3.05, 3.63) is 78.5 Å². The smallest absolute Gasteiger partial charge is 0.260 e. The van der Waals surface area contributed by atoms with Gasteiger partial charge < -0.3 is 23.5 Å². The highest BCUT2D eigenvalue weighted by Gasteiger charge is 2.23. The predicted octanol–water partition coefficient (Wildman–Crippen LogP) is 3.46. The number of hydrogen-bond acceptors (Lipinski definition) is 4. The van der Waals surface area contributed by atoms with Gasteiger partial charge >= 0.3 is 0 Å². The van der Waals surface area contributed by atoms with Crippen molar-refractivity contribution in [1.29, 1.82) is 0 Å². The molecule has 7 heteroatoms. The second-order valence-corrected chi connectivity index (χ2v) is 7.36. The lowest BCUT2D eigenvalue weighted by atomic mass is 10.3. The van der Waals surface area contributed by atoms with E-state index >= 15 is 0 Å². The molecule has 0 saturated carbocycles. The van der Waals surface area contributed by atoms with Gasteiger partial charge in [-0.05, 0) is 42.8 Å². The first kappa shape index (κ1) is 22.2. The zero-order valence-electron chi connectivity index (χ0n) is 18.1. The van der Waals surface area contributed by atoms with E-state index in [2.05, 4.69) is 0 Å². The lowest BCUT2D eigenvalue weighted by Gasteiger charge is -2.27.